The number of fused-ring (bicyclic) bond motifs is 1. The largest absolute Gasteiger partial charge is 0.486 e. The van der Waals surface area contributed by atoms with Crippen molar-refractivity contribution >= 4 is 20.0 Å². The lowest BCUT2D eigenvalue weighted by Gasteiger charge is -2.33. The van der Waals surface area contributed by atoms with Crippen LogP contribution >= 0.6 is 0 Å². The molecule has 8 nitrogen and oxygen atoms in total. The lowest BCUT2D eigenvalue weighted by molar-refractivity contribution is 0.171. The molecule has 4 rings (SSSR count). The zero-order valence-corrected chi connectivity index (χ0v) is 17.6. The maximum Gasteiger partial charge on any atom is 0.246 e. The monoisotopic (exact) mass is 478 g/mol. The van der Waals surface area contributed by atoms with Gasteiger partial charge in [-0.05, 0) is 18.2 Å². The summed E-state index contributed by atoms with van der Waals surface area (Å²) in [7, 11) is -8.44. The molecule has 1 saturated heterocycles. The van der Waals surface area contributed by atoms with Crippen molar-refractivity contribution in [1.29, 1.82) is 0 Å². The average molecular weight is 478 g/mol. The van der Waals surface area contributed by atoms with Crippen LogP contribution in [0.25, 0.3) is 0 Å². The molecule has 0 spiro atoms. The second-order valence-electron chi connectivity index (χ2n) is 6.81. The summed E-state index contributed by atoms with van der Waals surface area (Å²) in [5.74, 6) is -3.71. The van der Waals surface area contributed by atoms with E-state index in [-0.39, 0.29) is 49.8 Å². The van der Waals surface area contributed by atoms with E-state index in [1.807, 2.05) is 0 Å². The van der Waals surface area contributed by atoms with E-state index in [0.29, 0.717) is 18.1 Å². The fourth-order valence-electron chi connectivity index (χ4n) is 3.32. The van der Waals surface area contributed by atoms with Crippen molar-refractivity contribution in [1.82, 2.24) is 8.61 Å². The smallest absolute Gasteiger partial charge is 0.246 e. The van der Waals surface area contributed by atoms with Gasteiger partial charge < -0.3 is 9.47 Å². The molecule has 2 heterocycles. The Hall–Kier alpha value is -2.35. The van der Waals surface area contributed by atoms with Gasteiger partial charge in [-0.15, -0.1) is 0 Å². The van der Waals surface area contributed by atoms with Crippen molar-refractivity contribution in [2.24, 2.45) is 0 Å². The van der Waals surface area contributed by atoms with Crippen molar-refractivity contribution in [3.63, 3.8) is 0 Å². The first kappa shape index (κ1) is 21.9. The van der Waals surface area contributed by atoms with E-state index in [4.69, 9.17) is 9.47 Å². The number of ether oxygens (including phenoxy) is 2. The van der Waals surface area contributed by atoms with Crippen LogP contribution in [0.15, 0.2) is 40.1 Å². The van der Waals surface area contributed by atoms with Crippen LogP contribution in [0, 0.1) is 17.5 Å². The van der Waals surface area contributed by atoms with Gasteiger partial charge in [-0.25, -0.2) is 30.0 Å². The molecule has 0 bridgehead atoms. The quantitative estimate of drug-likeness (QED) is 0.620. The van der Waals surface area contributed by atoms with Crippen LogP contribution in [0.5, 0.6) is 11.5 Å². The van der Waals surface area contributed by atoms with Crippen molar-refractivity contribution < 1.29 is 39.5 Å². The number of nitrogens with zero attached hydrogens (tertiary/aromatic N) is 2. The van der Waals surface area contributed by atoms with Crippen LogP contribution in [0.3, 0.4) is 0 Å². The first-order chi connectivity index (χ1) is 14.6. The summed E-state index contributed by atoms with van der Waals surface area (Å²) in [5.41, 5.74) is 0. The van der Waals surface area contributed by atoms with E-state index in [2.05, 4.69) is 0 Å². The highest BCUT2D eigenvalue weighted by molar-refractivity contribution is 7.89. The molecule has 0 aliphatic carbocycles. The van der Waals surface area contributed by atoms with E-state index >= 15 is 0 Å². The van der Waals surface area contributed by atoms with E-state index < -0.39 is 42.4 Å². The zero-order valence-electron chi connectivity index (χ0n) is 15.9. The van der Waals surface area contributed by atoms with E-state index in [1.54, 1.807) is 0 Å². The van der Waals surface area contributed by atoms with Crippen LogP contribution in [-0.2, 0) is 20.0 Å². The molecule has 0 atom stereocenters. The van der Waals surface area contributed by atoms with Crippen molar-refractivity contribution in [2.75, 3.05) is 39.4 Å². The lowest BCUT2D eigenvalue weighted by Crippen LogP contribution is -2.50. The summed E-state index contributed by atoms with van der Waals surface area (Å²) in [5, 5.41) is 0. The Morgan fingerprint density at radius 2 is 1.23 bits per heavy atom. The van der Waals surface area contributed by atoms with Crippen LogP contribution < -0.4 is 9.47 Å². The van der Waals surface area contributed by atoms with Gasteiger partial charge in [-0.3, -0.25) is 0 Å². The minimum atomic E-state index is -4.48. The fraction of sp³-hybridized carbons (Fsp3) is 0.333. The molecule has 2 aromatic carbocycles. The predicted octanol–water partition coefficient (Wildman–Crippen LogP) is 1.57. The summed E-state index contributed by atoms with van der Waals surface area (Å²) in [6.07, 6.45) is 0. The van der Waals surface area contributed by atoms with Gasteiger partial charge in [0.2, 0.25) is 20.0 Å². The summed E-state index contributed by atoms with van der Waals surface area (Å²) in [6, 6.07) is 4.61. The Labute approximate surface area is 176 Å². The van der Waals surface area contributed by atoms with Crippen LogP contribution in [0.2, 0.25) is 0 Å². The molecule has 0 amide bonds. The molecule has 2 aliphatic rings. The van der Waals surface area contributed by atoms with E-state index in [0.717, 1.165) is 8.61 Å². The van der Waals surface area contributed by atoms with Gasteiger partial charge in [0.05, 0.1) is 4.90 Å². The van der Waals surface area contributed by atoms with Gasteiger partial charge in [0.25, 0.3) is 0 Å². The molecule has 168 valence electrons. The van der Waals surface area contributed by atoms with Gasteiger partial charge in [-0.2, -0.15) is 8.61 Å². The minimum absolute atomic E-state index is 0.0419. The second-order valence-corrected chi connectivity index (χ2v) is 10.7. The first-order valence-electron chi connectivity index (χ1n) is 9.15. The Morgan fingerprint density at radius 1 is 0.677 bits per heavy atom. The van der Waals surface area contributed by atoms with Crippen LogP contribution in [0.1, 0.15) is 0 Å². The molecule has 0 saturated carbocycles. The molecule has 1 fully saturated rings. The van der Waals surface area contributed by atoms with E-state index in [1.165, 1.54) is 18.2 Å². The number of benzene rings is 2. The zero-order chi connectivity index (χ0) is 22.4. The third kappa shape index (κ3) is 3.97. The summed E-state index contributed by atoms with van der Waals surface area (Å²) in [4.78, 5) is -1.05. The van der Waals surface area contributed by atoms with Gasteiger partial charge in [0.1, 0.15) is 23.9 Å². The SMILES string of the molecule is O=S(=O)(c1ccc2c(c1)OCCO2)N1CCN(S(=O)(=O)c2cc(F)c(F)cc2F)CC1. The number of piperazine rings is 1. The number of sulfonamides is 2. The topological polar surface area (TPSA) is 93.2 Å². The Bertz CT molecular complexity index is 1230. The number of hydrogen-bond acceptors (Lipinski definition) is 6. The molecule has 0 unspecified atom stereocenters. The van der Waals surface area contributed by atoms with Crippen molar-refractivity contribution in [2.45, 2.75) is 9.79 Å². The molecule has 2 aliphatic heterocycles. The van der Waals surface area contributed by atoms with Crippen LogP contribution in [-0.4, -0.2) is 64.8 Å². The summed E-state index contributed by atoms with van der Waals surface area (Å²) in [6.45, 7) is -0.348. The Morgan fingerprint density at radius 3 is 1.87 bits per heavy atom. The third-order valence-electron chi connectivity index (χ3n) is 4.94. The van der Waals surface area contributed by atoms with Gasteiger partial charge in [0, 0.05) is 38.3 Å². The van der Waals surface area contributed by atoms with Crippen LogP contribution in [0.4, 0.5) is 13.2 Å². The highest BCUT2D eigenvalue weighted by Gasteiger charge is 2.36. The lowest BCUT2D eigenvalue weighted by atomic mass is 10.3. The number of rotatable bonds is 4. The highest BCUT2D eigenvalue weighted by Crippen LogP contribution is 2.33. The molecule has 0 radical (unpaired) electrons. The molecule has 0 aromatic heterocycles. The van der Waals surface area contributed by atoms with Crippen molar-refractivity contribution in [3.8, 4) is 11.5 Å². The summed E-state index contributed by atoms with van der Waals surface area (Å²) < 4.78 is 104. The predicted molar refractivity (Wildman–Crippen MR) is 101 cm³/mol. The maximum atomic E-state index is 14.0. The molecular weight excluding hydrogens is 461 g/mol. The third-order valence-corrected chi connectivity index (χ3v) is 8.75. The van der Waals surface area contributed by atoms with Crippen molar-refractivity contribution in [3.05, 3.63) is 47.8 Å². The normalized spacial score (nSPS) is 18.2. The highest BCUT2D eigenvalue weighted by atomic mass is 32.2. The molecule has 13 heteroatoms. The minimum Gasteiger partial charge on any atom is -0.486 e. The average Bonchev–Trinajstić information content (AvgIpc) is 2.76. The van der Waals surface area contributed by atoms with Gasteiger partial charge in [-0.1, -0.05) is 0 Å². The fourth-order valence-corrected chi connectivity index (χ4v) is 6.24. The number of halogens is 3. The standard InChI is InChI=1S/C18H17F3N2O6S2/c19-13-10-15(21)18(11-14(13)20)31(26,27)23-5-3-22(4-6-23)30(24,25)12-1-2-16-17(9-12)29-8-7-28-16/h1-2,9-11H,3-8H2. The molecule has 31 heavy (non-hydrogen) atoms. The summed E-state index contributed by atoms with van der Waals surface area (Å²) >= 11 is 0. The molecular formula is C18H17F3N2O6S2. The van der Waals surface area contributed by atoms with Gasteiger partial charge >= 0.3 is 0 Å². The maximum absolute atomic E-state index is 14.0. The Kier molecular flexibility index (Phi) is 5.62. The number of hydrogen-bond donors (Lipinski definition) is 0. The second kappa shape index (κ2) is 7.97. The first-order valence-corrected chi connectivity index (χ1v) is 12.0. The molecule has 2 aromatic rings. The van der Waals surface area contributed by atoms with E-state index in [9.17, 15) is 30.0 Å². The molecule has 0 N–H and O–H groups in total. The van der Waals surface area contributed by atoms with Gasteiger partial charge in [0.15, 0.2) is 23.1 Å². The Balaban J connectivity index is 1.52.